The number of hydrogen-bond acceptors (Lipinski definition) is 3. The van der Waals surface area contributed by atoms with Gasteiger partial charge in [0.1, 0.15) is 0 Å². The van der Waals surface area contributed by atoms with Gasteiger partial charge < -0.3 is 20.4 Å². The van der Waals surface area contributed by atoms with Crippen molar-refractivity contribution >= 4 is 17.8 Å². The summed E-state index contributed by atoms with van der Waals surface area (Å²) in [7, 11) is 0. The molecule has 2 aliphatic heterocycles. The summed E-state index contributed by atoms with van der Waals surface area (Å²) >= 11 is 0. The minimum Gasteiger partial charge on any atom is -0.357 e. The molecule has 0 spiro atoms. The molecule has 2 amide bonds. The molecule has 0 radical (unpaired) electrons. The minimum absolute atomic E-state index is 0.251. The van der Waals surface area contributed by atoms with Gasteiger partial charge in [0.15, 0.2) is 5.96 Å². The third-order valence-electron chi connectivity index (χ3n) is 6.67. The maximum Gasteiger partial charge on any atom is 0.225 e. The highest BCUT2D eigenvalue weighted by Gasteiger charge is 2.31. The van der Waals surface area contributed by atoms with Crippen LogP contribution in [0.1, 0.15) is 77.6 Å². The van der Waals surface area contributed by atoms with Gasteiger partial charge in [-0.05, 0) is 45.4 Å². The second kappa shape index (κ2) is 12.2. The van der Waals surface area contributed by atoms with Crippen molar-refractivity contribution in [3.8, 4) is 0 Å². The fourth-order valence-electron chi connectivity index (χ4n) is 4.93. The molecule has 0 aromatic carbocycles. The zero-order valence-corrected chi connectivity index (χ0v) is 18.8. The Kier molecular flexibility index (Phi) is 9.27. The van der Waals surface area contributed by atoms with E-state index in [9.17, 15) is 9.59 Å². The molecule has 1 unspecified atom stereocenters. The molecule has 2 saturated heterocycles. The molecule has 0 aromatic rings. The summed E-state index contributed by atoms with van der Waals surface area (Å²) in [5.74, 6) is 1.75. The van der Waals surface area contributed by atoms with Gasteiger partial charge in [0.05, 0.1) is 0 Å². The molecule has 30 heavy (non-hydrogen) atoms. The van der Waals surface area contributed by atoms with E-state index in [4.69, 9.17) is 4.99 Å². The number of carbonyl (C=O) groups is 2. The molecular formula is C23H41N5O2. The lowest BCUT2D eigenvalue weighted by atomic mass is 9.88. The van der Waals surface area contributed by atoms with Crippen molar-refractivity contribution < 1.29 is 9.59 Å². The van der Waals surface area contributed by atoms with Gasteiger partial charge in [-0.3, -0.25) is 14.6 Å². The van der Waals surface area contributed by atoms with Crippen LogP contribution < -0.4 is 10.6 Å². The molecule has 3 rings (SSSR count). The SMILES string of the molecule is CCNC(=NCCCN1CCCCCC1=O)NC1CCN(C(=O)C2CCCCC2)C1. The zero-order chi connectivity index (χ0) is 21.2. The monoisotopic (exact) mass is 419 g/mol. The molecule has 3 fully saturated rings. The number of guanidine groups is 1. The summed E-state index contributed by atoms with van der Waals surface area (Å²) in [5.41, 5.74) is 0. The highest BCUT2D eigenvalue weighted by atomic mass is 16.2. The molecule has 2 N–H and O–H groups in total. The van der Waals surface area contributed by atoms with E-state index < -0.39 is 0 Å². The Bertz CT molecular complexity index is 588. The topological polar surface area (TPSA) is 77.0 Å². The van der Waals surface area contributed by atoms with E-state index >= 15 is 0 Å². The van der Waals surface area contributed by atoms with Crippen LogP contribution in [0, 0.1) is 5.92 Å². The van der Waals surface area contributed by atoms with Gasteiger partial charge in [-0.25, -0.2) is 0 Å². The van der Waals surface area contributed by atoms with Gasteiger partial charge in [-0.2, -0.15) is 0 Å². The maximum atomic E-state index is 12.8. The van der Waals surface area contributed by atoms with Crippen LogP contribution in [0.2, 0.25) is 0 Å². The molecule has 7 nitrogen and oxygen atoms in total. The molecule has 2 heterocycles. The number of likely N-dealkylation sites (tertiary alicyclic amines) is 2. The van der Waals surface area contributed by atoms with Crippen molar-refractivity contribution in [3.63, 3.8) is 0 Å². The lowest BCUT2D eigenvalue weighted by molar-refractivity contribution is -0.135. The van der Waals surface area contributed by atoms with E-state index in [0.29, 0.717) is 24.8 Å². The van der Waals surface area contributed by atoms with E-state index in [1.54, 1.807) is 0 Å². The quantitative estimate of drug-likeness (QED) is 0.378. The van der Waals surface area contributed by atoms with Gasteiger partial charge >= 0.3 is 0 Å². The largest absolute Gasteiger partial charge is 0.357 e. The van der Waals surface area contributed by atoms with Crippen molar-refractivity contribution in [3.05, 3.63) is 0 Å². The predicted molar refractivity (Wildman–Crippen MR) is 120 cm³/mol. The Morgan fingerprint density at radius 3 is 2.67 bits per heavy atom. The summed E-state index contributed by atoms with van der Waals surface area (Å²) < 4.78 is 0. The fourth-order valence-corrected chi connectivity index (χ4v) is 4.93. The second-order valence-corrected chi connectivity index (χ2v) is 9.05. The molecule has 1 aliphatic carbocycles. The Labute approximate surface area is 182 Å². The van der Waals surface area contributed by atoms with Gasteiger partial charge in [-0.15, -0.1) is 0 Å². The minimum atomic E-state index is 0.251. The normalized spacial score (nSPS) is 24.1. The lowest BCUT2D eigenvalue weighted by Gasteiger charge is -2.26. The molecule has 1 atom stereocenters. The van der Waals surface area contributed by atoms with E-state index in [1.165, 1.54) is 19.3 Å². The van der Waals surface area contributed by atoms with E-state index in [1.807, 2.05) is 4.90 Å². The summed E-state index contributed by atoms with van der Waals surface area (Å²) in [6.45, 7) is 6.92. The van der Waals surface area contributed by atoms with Gasteiger partial charge in [0, 0.05) is 57.6 Å². The van der Waals surface area contributed by atoms with Crippen LogP contribution in [-0.2, 0) is 9.59 Å². The number of amides is 2. The molecule has 170 valence electrons. The maximum absolute atomic E-state index is 12.8. The first-order valence-electron chi connectivity index (χ1n) is 12.3. The molecule has 0 bridgehead atoms. The van der Waals surface area contributed by atoms with E-state index in [-0.39, 0.29) is 12.0 Å². The van der Waals surface area contributed by atoms with E-state index in [2.05, 4.69) is 22.5 Å². The standard InChI is InChI=1S/C23H41N5O2/c1-2-24-23(25-14-9-16-27-15-8-4-7-12-21(27)29)26-20-13-17-28(18-20)22(30)19-10-5-3-6-11-19/h19-20H,2-18H2,1H3,(H2,24,25,26). The third kappa shape index (κ3) is 6.88. The first kappa shape index (κ1) is 22.9. The van der Waals surface area contributed by atoms with Crippen LogP contribution in [0.25, 0.3) is 0 Å². The Hall–Kier alpha value is -1.79. The van der Waals surface area contributed by atoms with Crippen LogP contribution in [0.5, 0.6) is 0 Å². The predicted octanol–water partition coefficient (Wildman–Crippen LogP) is 2.52. The summed E-state index contributed by atoms with van der Waals surface area (Å²) in [4.78, 5) is 33.7. The number of aliphatic imine (C=N–C) groups is 1. The Balaban J connectivity index is 1.42. The highest BCUT2D eigenvalue weighted by Crippen LogP contribution is 2.26. The van der Waals surface area contributed by atoms with Crippen LogP contribution in [0.4, 0.5) is 0 Å². The highest BCUT2D eigenvalue weighted by molar-refractivity contribution is 5.81. The average Bonchev–Trinajstić information content (AvgIpc) is 3.13. The van der Waals surface area contributed by atoms with Gasteiger partial charge in [0.2, 0.25) is 11.8 Å². The first-order valence-corrected chi connectivity index (χ1v) is 12.3. The Morgan fingerprint density at radius 1 is 1.07 bits per heavy atom. The van der Waals surface area contributed by atoms with Crippen LogP contribution in [0.15, 0.2) is 4.99 Å². The van der Waals surface area contributed by atoms with Gasteiger partial charge in [-0.1, -0.05) is 25.7 Å². The summed E-state index contributed by atoms with van der Waals surface area (Å²) in [6.07, 6.45) is 11.7. The summed E-state index contributed by atoms with van der Waals surface area (Å²) in [6, 6.07) is 0.266. The zero-order valence-electron chi connectivity index (χ0n) is 18.8. The van der Waals surface area contributed by atoms with Gasteiger partial charge in [0.25, 0.3) is 0 Å². The van der Waals surface area contributed by atoms with Crippen molar-refractivity contribution in [1.29, 1.82) is 0 Å². The Morgan fingerprint density at radius 2 is 1.87 bits per heavy atom. The number of rotatable bonds is 7. The number of nitrogens with zero attached hydrogens (tertiary/aromatic N) is 3. The van der Waals surface area contributed by atoms with Crippen LogP contribution in [-0.4, -0.2) is 72.9 Å². The smallest absolute Gasteiger partial charge is 0.225 e. The molecular weight excluding hydrogens is 378 g/mol. The second-order valence-electron chi connectivity index (χ2n) is 9.05. The average molecular weight is 420 g/mol. The first-order chi connectivity index (χ1) is 14.7. The van der Waals surface area contributed by atoms with Crippen molar-refractivity contribution in [2.75, 3.05) is 39.3 Å². The van der Waals surface area contributed by atoms with Crippen LogP contribution >= 0.6 is 0 Å². The molecule has 3 aliphatic rings. The third-order valence-corrected chi connectivity index (χ3v) is 6.67. The molecule has 1 saturated carbocycles. The van der Waals surface area contributed by atoms with Crippen LogP contribution in [0.3, 0.4) is 0 Å². The van der Waals surface area contributed by atoms with Crippen molar-refractivity contribution in [2.45, 2.75) is 83.6 Å². The molecule has 0 aromatic heterocycles. The van der Waals surface area contributed by atoms with E-state index in [0.717, 1.165) is 83.6 Å². The van der Waals surface area contributed by atoms with Crippen molar-refractivity contribution in [2.24, 2.45) is 10.9 Å². The number of hydrogen-bond donors (Lipinski definition) is 2. The summed E-state index contributed by atoms with van der Waals surface area (Å²) in [5, 5.41) is 6.86. The lowest BCUT2D eigenvalue weighted by Crippen LogP contribution is -2.45. The molecule has 7 heteroatoms. The fraction of sp³-hybridized carbons (Fsp3) is 0.870. The number of carbonyl (C=O) groups excluding carboxylic acids is 2. The number of nitrogens with one attached hydrogen (secondary N) is 2. The van der Waals surface area contributed by atoms with Crippen molar-refractivity contribution in [1.82, 2.24) is 20.4 Å².